The van der Waals surface area contributed by atoms with Gasteiger partial charge in [0.25, 0.3) is 5.91 Å². The first-order valence-corrected chi connectivity index (χ1v) is 9.34. The van der Waals surface area contributed by atoms with E-state index in [-0.39, 0.29) is 16.8 Å². The number of benzene rings is 1. The van der Waals surface area contributed by atoms with E-state index in [0.29, 0.717) is 11.1 Å². The second kappa shape index (κ2) is 7.86. The van der Waals surface area contributed by atoms with Crippen molar-refractivity contribution in [1.82, 2.24) is 10.3 Å². The SMILES string of the molecule is N#CC1=C(S)NC(=O)C([n+]2ccc(-c3ccncc3)cc2)C1c1ccc(F)cc1. The van der Waals surface area contributed by atoms with Gasteiger partial charge in [0.1, 0.15) is 5.82 Å². The summed E-state index contributed by atoms with van der Waals surface area (Å²) >= 11 is 4.28. The maximum atomic E-state index is 13.4. The molecule has 2 aromatic heterocycles. The summed E-state index contributed by atoms with van der Waals surface area (Å²) in [5.41, 5.74) is 2.98. The number of aromatic nitrogens is 2. The fourth-order valence-corrected chi connectivity index (χ4v) is 3.82. The fraction of sp³-hybridized carbons (Fsp3) is 0.0909. The van der Waals surface area contributed by atoms with Crippen molar-refractivity contribution in [3.63, 3.8) is 0 Å². The van der Waals surface area contributed by atoms with Crippen molar-refractivity contribution in [2.75, 3.05) is 0 Å². The molecule has 0 bridgehead atoms. The first kappa shape index (κ1) is 18.8. The van der Waals surface area contributed by atoms with Crippen molar-refractivity contribution < 1.29 is 13.8 Å². The zero-order valence-corrected chi connectivity index (χ0v) is 16.1. The highest BCUT2D eigenvalue weighted by Gasteiger charge is 2.44. The lowest BCUT2D eigenvalue weighted by molar-refractivity contribution is -0.711. The van der Waals surface area contributed by atoms with Crippen LogP contribution in [0.5, 0.6) is 0 Å². The maximum absolute atomic E-state index is 13.4. The van der Waals surface area contributed by atoms with E-state index in [2.05, 4.69) is 29.0 Å². The van der Waals surface area contributed by atoms with E-state index in [1.54, 1.807) is 41.5 Å². The molecule has 0 saturated carbocycles. The molecule has 2 unspecified atom stereocenters. The van der Waals surface area contributed by atoms with Crippen LogP contribution < -0.4 is 9.88 Å². The normalized spacial score (nSPS) is 18.9. The molecule has 4 rings (SSSR count). The van der Waals surface area contributed by atoms with Gasteiger partial charge in [-0.1, -0.05) is 12.1 Å². The van der Waals surface area contributed by atoms with Crippen LogP contribution in [0.25, 0.3) is 11.1 Å². The highest BCUT2D eigenvalue weighted by molar-refractivity contribution is 7.84. The van der Waals surface area contributed by atoms with Gasteiger partial charge in [-0.2, -0.15) is 9.83 Å². The number of nitriles is 1. The van der Waals surface area contributed by atoms with Gasteiger partial charge < -0.3 is 5.32 Å². The Bertz CT molecular complexity index is 1120. The largest absolute Gasteiger partial charge is 0.314 e. The number of nitrogens with zero attached hydrogens (tertiary/aromatic N) is 3. The van der Waals surface area contributed by atoms with Gasteiger partial charge in [0.05, 0.1) is 22.6 Å². The number of carbonyl (C=O) groups excluding carboxylic acids is 1. The van der Waals surface area contributed by atoms with E-state index in [4.69, 9.17) is 0 Å². The summed E-state index contributed by atoms with van der Waals surface area (Å²) in [7, 11) is 0. The number of nitrogens with one attached hydrogen (secondary N) is 1. The lowest BCUT2D eigenvalue weighted by atomic mass is 9.83. The van der Waals surface area contributed by atoms with Crippen LogP contribution in [0.2, 0.25) is 0 Å². The standard InChI is InChI=1S/C22H15FN4OS/c23-17-3-1-16(2-4-17)19-18(13-24)22(29)26-21(28)20(19)27-11-7-15(8-12-27)14-5-9-25-10-6-14/h1-12,19-20H,(H-,26,28,29)/p+1. The summed E-state index contributed by atoms with van der Waals surface area (Å²) in [4.78, 5) is 16.9. The van der Waals surface area contributed by atoms with Crippen LogP contribution in [-0.4, -0.2) is 10.9 Å². The Labute approximate surface area is 172 Å². The first-order chi connectivity index (χ1) is 14.1. The highest BCUT2D eigenvalue weighted by atomic mass is 32.1. The summed E-state index contributed by atoms with van der Waals surface area (Å²) in [6.45, 7) is 0. The van der Waals surface area contributed by atoms with Crippen LogP contribution in [0.3, 0.4) is 0 Å². The number of pyridine rings is 2. The van der Waals surface area contributed by atoms with Crippen LogP contribution in [0.15, 0.2) is 83.9 Å². The van der Waals surface area contributed by atoms with Gasteiger partial charge in [0.2, 0.25) is 6.04 Å². The number of hydrogen-bond donors (Lipinski definition) is 2. The molecule has 29 heavy (non-hydrogen) atoms. The molecule has 0 radical (unpaired) electrons. The molecule has 142 valence electrons. The smallest absolute Gasteiger partial charge is 0.294 e. The monoisotopic (exact) mass is 403 g/mol. The summed E-state index contributed by atoms with van der Waals surface area (Å²) in [5, 5.41) is 12.6. The third kappa shape index (κ3) is 3.62. The van der Waals surface area contributed by atoms with Crippen molar-refractivity contribution in [2.45, 2.75) is 12.0 Å². The number of allylic oxidation sites excluding steroid dienone is 1. The third-order valence-electron chi connectivity index (χ3n) is 4.93. The molecule has 5 nitrogen and oxygen atoms in total. The molecule has 2 atom stereocenters. The molecule has 1 N–H and O–H groups in total. The minimum Gasteiger partial charge on any atom is -0.314 e. The Hall–Kier alpha value is -3.50. The number of carbonyl (C=O) groups is 1. The fourth-order valence-electron chi connectivity index (χ4n) is 3.52. The topological polar surface area (TPSA) is 69.7 Å². The average molecular weight is 403 g/mol. The molecular formula is C22H16FN4OS+. The summed E-state index contributed by atoms with van der Waals surface area (Å²) in [6, 6.07) is 14.9. The Kier molecular flexibility index (Phi) is 5.10. The molecule has 7 heteroatoms. The van der Waals surface area contributed by atoms with Gasteiger partial charge >= 0.3 is 0 Å². The Morgan fingerprint density at radius 1 is 1.03 bits per heavy atom. The maximum Gasteiger partial charge on any atom is 0.294 e. The van der Waals surface area contributed by atoms with Crippen molar-refractivity contribution >= 4 is 18.5 Å². The molecule has 0 fully saturated rings. The molecule has 1 aromatic carbocycles. The zero-order valence-electron chi connectivity index (χ0n) is 15.2. The van der Waals surface area contributed by atoms with Crippen LogP contribution in [0, 0.1) is 17.1 Å². The molecule has 1 aliphatic rings. The average Bonchev–Trinajstić information content (AvgIpc) is 2.75. The van der Waals surface area contributed by atoms with Crippen molar-refractivity contribution in [3.05, 3.63) is 95.3 Å². The lowest BCUT2D eigenvalue weighted by Crippen LogP contribution is -2.53. The molecule has 0 aliphatic carbocycles. The second-order valence-corrected chi connectivity index (χ2v) is 7.05. The molecule has 1 amide bonds. The molecule has 0 saturated heterocycles. The van der Waals surface area contributed by atoms with Gasteiger partial charge in [-0.15, -0.1) is 12.6 Å². The minimum atomic E-state index is -0.711. The van der Waals surface area contributed by atoms with Crippen LogP contribution in [0.4, 0.5) is 4.39 Å². The van der Waals surface area contributed by atoms with Crippen molar-refractivity contribution in [2.24, 2.45) is 0 Å². The predicted molar refractivity (Wildman–Crippen MR) is 108 cm³/mol. The Morgan fingerprint density at radius 2 is 1.66 bits per heavy atom. The zero-order chi connectivity index (χ0) is 20.4. The molecule has 3 heterocycles. The van der Waals surface area contributed by atoms with Gasteiger partial charge in [0, 0.05) is 24.5 Å². The molecule has 3 aromatic rings. The van der Waals surface area contributed by atoms with Crippen LogP contribution in [-0.2, 0) is 4.79 Å². The van der Waals surface area contributed by atoms with Gasteiger partial charge in [0.15, 0.2) is 12.4 Å². The van der Waals surface area contributed by atoms with Gasteiger partial charge in [-0.25, -0.2) is 4.39 Å². The lowest BCUT2D eigenvalue weighted by Gasteiger charge is -2.27. The summed E-state index contributed by atoms with van der Waals surface area (Å²) < 4.78 is 15.2. The van der Waals surface area contributed by atoms with E-state index >= 15 is 0 Å². The molecule has 1 aliphatic heterocycles. The quantitative estimate of drug-likeness (QED) is 0.521. The molecular weight excluding hydrogens is 387 g/mol. The highest BCUT2D eigenvalue weighted by Crippen LogP contribution is 2.37. The van der Waals surface area contributed by atoms with E-state index in [9.17, 15) is 14.4 Å². The van der Waals surface area contributed by atoms with Gasteiger partial charge in [-0.3, -0.25) is 9.78 Å². The van der Waals surface area contributed by atoms with E-state index in [1.165, 1.54) is 12.1 Å². The Morgan fingerprint density at radius 3 is 2.28 bits per heavy atom. The number of amides is 1. The first-order valence-electron chi connectivity index (χ1n) is 8.89. The van der Waals surface area contributed by atoms with Crippen LogP contribution >= 0.6 is 12.6 Å². The summed E-state index contributed by atoms with van der Waals surface area (Å²) in [6.07, 6.45) is 7.03. The van der Waals surface area contributed by atoms with Crippen molar-refractivity contribution in [3.8, 4) is 17.2 Å². The third-order valence-corrected chi connectivity index (χ3v) is 5.28. The number of hydrogen-bond acceptors (Lipinski definition) is 4. The van der Waals surface area contributed by atoms with Gasteiger partial charge in [-0.05, 0) is 41.0 Å². The second-order valence-electron chi connectivity index (χ2n) is 6.61. The Balaban J connectivity index is 1.78. The predicted octanol–water partition coefficient (Wildman–Crippen LogP) is 3.29. The van der Waals surface area contributed by atoms with Crippen molar-refractivity contribution in [1.29, 1.82) is 5.26 Å². The van der Waals surface area contributed by atoms with E-state index in [1.807, 2.05) is 24.3 Å². The van der Waals surface area contributed by atoms with E-state index in [0.717, 1.165) is 11.1 Å². The number of halogens is 1. The number of rotatable bonds is 3. The van der Waals surface area contributed by atoms with Crippen LogP contribution in [0.1, 0.15) is 17.5 Å². The minimum absolute atomic E-state index is 0.220. The molecule has 0 spiro atoms. The number of thiol groups is 1. The summed E-state index contributed by atoms with van der Waals surface area (Å²) in [5.74, 6) is -1.25. The van der Waals surface area contributed by atoms with E-state index < -0.39 is 12.0 Å².